The van der Waals surface area contributed by atoms with E-state index in [1.165, 1.54) is 32.0 Å². The molecule has 1 atom stereocenters. The maximum absolute atomic E-state index is 11.6. The summed E-state index contributed by atoms with van der Waals surface area (Å²) >= 11 is -2.86. The Morgan fingerprint density at radius 3 is 1.71 bits per heavy atom. The van der Waals surface area contributed by atoms with Crippen LogP contribution in [0.15, 0.2) is 18.2 Å². The lowest BCUT2D eigenvalue weighted by molar-refractivity contribution is -0.125. The molecule has 0 heterocycles. The fourth-order valence-corrected chi connectivity index (χ4v) is 1.99. The normalized spacial score (nSPS) is 11.3. The number of carbonyl (C=O) groups excluding carboxylic acids is 4. The Hall–Kier alpha value is -2.59. The van der Waals surface area contributed by atoms with Crippen LogP contribution >= 0.6 is 0 Å². The third kappa shape index (κ3) is 7.61. The van der Waals surface area contributed by atoms with Gasteiger partial charge in [-0.15, -0.1) is 0 Å². The van der Waals surface area contributed by atoms with Crippen molar-refractivity contribution in [2.45, 2.75) is 26.7 Å². The van der Waals surface area contributed by atoms with E-state index in [1.807, 2.05) is 0 Å². The van der Waals surface area contributed by atoms with Crippen LogP contribution in [0.3, 0.4) is 0 Å². The second-order valence-electron chi connectivity index (χ2n) is 4.89. The smallest absolute Gasteiger partial charge is 0.231 e. The summed E-state index contributed by atoms with van der Waals surface area (Å²) in [5, 5.41) is 4.76. The summed E-state index contributed by atoms with van der Waals surface area (Å²) in [6, 6.07) is 3.74. The molecule has 0 spiro atoms. The lowest BCUT2D eigenvalue weighted by atomic mass is 10.2. The first-order chi connectivity index (χ1) is 11.2. The van der Waals surface area contributed by atoms with Crippen LogP contribution in [0.2, 0.25) is 0 Å². The van der Waals surface area contributed by atoms with Crippen LogP contribution in [0.4, 0.5) is 11.4 Å². The molecule has 0 saturated carbocycles. The average Bonchev–Trinajstić information content (AvgIpc) is 2.34. The molecular formula is C14H15N2O7S-. The first-order valence-corrected chi connectivity index (χ1v) is 7.67. The Bertz CT molecular complexity index is 654. The molecule has 2 amide bonds. The molecule has 0 aliphatic rings. The Morgan fingerprint density at radius 1 is 0.958 bits per heavy atom. The second kappa shape index (κ2) is 8.89. The van der Waals surface area contributed by atoms with Gasteiger partial charge in [0.15, 0.2) is 0 Å². The van der Waals surface area contributed by atoms with E-state index in [4.69, 9.17) is 0 Å². The van der Waals surface area contributed by atoms with Crippen molar-refractivity contribution in [1.82, 2.24) is 0 Å². The number of carbonyl (C=O) groups is 4. The van der Waals surface area contributed by atoms with E-state index in [9.17, 15) is 27.9 Å². The van der Waals surface area contributed by atoms with Gasteiger partial charge in [0.2, 0.25) is 11.8 Å². The number of benzene rings is 1. The van der Waals surface area contributed by atoms with Crippen molar-refractivity contribution < 1.29 is 32.1 Å². The van der Waals surface area contributed by atoms with Crippen molar-refractivity contribution in [3.05, 3.63) is 18.2 Å². The molecule has 0 aromatic heterocycles. The van der Waals surface area contributed by atoms with Gasteiger partial charge in [-0.05, 0) is 19.9 Å². The summed E-state index contributed by atoms with van der Waals surface area (Å²) in [6.07, 6.45) is -0.713. The van der Waals surface area contributed by atoms with Crippen molar-refractivity contribution in [3.8, 4) is 5.75 Å². The molecule has 0 aliphatic heterocycles. The molecule has 0 bridgehead atoms. The van der Waals surface area contributed by atoms with Crippen molar-refractivity contribution in [1.29, 1.82) is 0 Å². The lowest BCUT2D eigenvalue weighted by Gasteiger charge is -2.13. The van der Waals surface area contributed by atoms with Crippen LogP contribution < -0.4 is 14.8 Å². The molecular weight excluding hydrogens is 340 g/mol. The van der Waals surface area contributed by atoms with Crippen LogP contribution in [-0.4, -0.2) is 32.1 Å². The van der Waals surface area contributed by atoms with Crippen molar-refractivity contribution in [3.63, 3.8) is 0 Å². The summed E-state index contributed by atoms with van der Waals surface area (Å²) in [7, 11) is 0. The van der Waals surface area contributed by atoms with E-state index in [0.717, 1.165) is 0 Å². The van der Waals surface area contributed by atoms with Crippen LogP contribution in [0.5, 0.6) is 5.75 Å². The van der Waals surface area contributed by atoms with E-state index in [2.05, 4.69) is 14.8 Å². The van der Waals surface area contributed by atoms with Crippen LogP contribution in [0.1, 0.15) is 26.7 Å². The Labute approximate surface area is 140 Å². The molecule has 130 valence electrons. The molecule has 0 saturated heterocycles. The number of ketones is 2. The van der Waals surface area contributed by atoms with Gasteiger partial charge >= 0.3 is 0 Å². The van der Waals surface area contributed by atoms with Gasteiger partial charge < -0.3 is 19.4 Å². The van der Waals surface area contributed by atoms with E-state index in [0.29, 0.717) is 0 Å². The monoisotopic (exact) mass is 355 g/mol. The van der Waals surface area contributed by atoms with Gasteiger partial charge in [-0.3, -0.25) is 19.2 Å². The zero-order valence-corrected chi connectivity index (χ0v) is 13.7. The van der Waals surface area contributed by atoms with Gasteiger partial charge in [-0.25, -0.2) is 4.21 Å². The number of amides is 2. The number of rotatable bonds is 8. The highest BCUT2D eigenvalue weighted by Crippen LogP contribution is 2.25. The molecule has 9 nitrogen and oxygen atoms in total. The van der Waals surface area contributed by atoms with E-state index >= 15 is 0 Å². The lowest BCUT2D eigenvalue weighted by Crippen LogP contribution is -2.17. The molecule has 2 N–H and O–H groups in total. The molecule has 1 aromatic carbocycles. The molecule has 1 rings (SSSR count). The number of nitrogens with one attached hydrogen (secondary N) is 2. The van der Waals surface area contributed by atoms with Crippen molar-refractivity contribution >= 4 is 46.1 Å². The quantitative estimate of drug-likeness (QED) is 0.516. The van der Waals surface area contributed by atoms with Gasteiger partial charge in [0.1, 0.15) is 28.7 Å². The maximum atomic E-state index is 11.6. The number of hydrogen-bond acceptors (Lipinski definition) is 7. The first-order valence-electron chi connectivity index (χ1n) is 6.67. The number of Topliss-reactive ketones (excluding diaryl/α,β-unsaturated/α-hetero) is 2. The topological polar surface area (TPSA) is 142 Å². The molecule has 24 heavy (non-hydrogen) atoms. The second-order valence-corrected chi connectivity index (χ2v) is 5.46. The van der Waals surface area contributed by atoms with E-state index < -0.39 is 23.2 Å². The number of anilines is 2. The molecule has 1 aromatic rings. The standard InChI is InChI=1S/C14H16N2O7S/c1-8(17)3-13(19)15-10-5-11(16-14(20)4-9(2)18)7-12(6-10)23-24(21)22/h5-7H,3-4H2,1-2H3,(H,15,19)(H,16,20)(H,21,22)/p-1. The fraction of sp³-hybridized carbons (Fsp3) is 0.286. The SMILES string of the molecule is CC(=O)CC(=O)Nc1cc(NC(=O)CC(C)=O)cc(OS(=O)[O-])c1. The molecule has 1 unspecified atom stereocenters. The Balaban J connectivity index is 3.00. The molecule has 0 radical (unpaired) electrons. The molecule has 0 fully saturated rings. The van der Waals surface area contributed by atoms with Gasteiger partial charge in [-0.2, -0.15) is 0 Å². The Kier molecular flexibility index (Phi) is 7.21. The van der Waals surface area contributed by atoms with E-state index in [1.54, 1.807) is 0 Å². The predicted molar refractivity (Wildman–Crippen MR) is 83.8 cm³/mol. The van der Waals surface area contributed by atoms with Crippen LogP contribution in [0.25, 0.3) is 0 Å². The summed E-state index contributed by atoms with van der Waals surface area (Å²) in [5.41, 5.74) is 0.227. The minimum atomic E-state index is -2.86. The molecule has 0 aliphatic carbocycles. The minimum absolute atomic E-state index is 0.113. The largest absolute Gasteiger partial charge is 0.740 e. The predicted octanol–water partition coefficient (Wildman–Crippen LogP) is 0.695. The third-order valence-electron chi connectivity index (χ3n) is 2.46. The summed E-state index contributed by atoms with van der Waals surface area (Å²) < 4.78 is 25.8. The third-order valence-corrected chi connectivity index (χ3v) is 2.79. The highest BCUT2D eigenvalue weighted by molar-refractivity contribution is 7.74. The van der Waals surface area contributed by atoms with Gasteiger partial charge in [0.05, 0.1) is 12.8 Å². The highest BCUT2D eigenvalue weighted by atomic mass is 32.2. The average molecular weight is 355 g/mol. The molecule has 10 heteroatoms. The zero-order valence-electron chi connectivity index (χ0n) is 12.9. The van der Waals surface area contributed by atoms with Crippen LogP contribution in [-0.2, 0) is 30.5 Å². The van der Waals surface area contributed by atoms with E-state index in [-0.39, 0.29) is 41.5 Å². The number of hydrogen-bond donors (Lipinski definition) is 2. The van der Waals surface area contributed by atoms with Crippen LogP contribution in [0, 0.1) is 0 Å². The first kappa shape index (κ1) is 19.5. The van der Waals surface area contributed by atoms with Gasteiger partial charge in [-0.1, -0.05) is 0 Å². The minimum Gasteiger partial charge on any atom is -0.740 e. The fourth-order valence-electron chi connectivity index (χ4n) is 1.73. The highest BCUT2D eigenvalue weighted by Gasteiger charge is 2.11. The summed E-state index contributed by atoms with van der Waals surface area (Å²) in [4.78, 5) is 45.0. The van der Waals surface area contributed by atoms with Gasteiger partial charge in [0, 0.05) is 23.5 Å². The summed E-state index contributed by atoms with van der Waals surface area (Å²) in [6.45, 7) is 2.49. The maximum Gasteiger partial charge on any atom is 0.231 e. The van der Waals surface area contributed by atoms with Crippen molar-refractivity contribution in [2.75, 3.05) is 10.6 Å². The summed E-state index contributed by atoms with van der Waals surface area (Å²) in [5.74, 6) is -2.08. The zero-order chi connectivity index (χ0) is 18.3. The Morgan fingerprint density at radius 2 is 1.38 bits per heavy atom. The van der Waals surface area contributed by atoms with Gasteiger partial charge in [0.25, 0.3) is 0 Å². The van der Waals surface area contributed by atoms with Crippen molar-refractivity contribution in [2.24, 2.45) is 0 Å².